The van der Waals surface area contributed by atoms with E-state index >= 15 is 0 Å². The molecule has 0 amide bonds. The molecule has 0 bridgehead atoms. The van der Waals surface area contributed by atoms with Gasteiger partial charge in [-0.25, -0.2) is 4.79 Å². The molecular formula is C4H4O4. The van der Waals surface area contributed by atoms with E-state index < -0.39 is 5.97 Å². The lowest BCUT2D eigenvalue weighted by atomic mass is 10.7. The number of carboxylic acids is 1. The molecular weight excluding hydrogens is 112 g/mol. The fourth-order valence-electron chi connectivity index (χ4n) is 0. The molecule has 2 N–H and O–H groups in total. The van der Waals surface area contributed by atoms with Crippen molar-refractivity contribution in [1.82, 2.24) is 0 Å². The Kier molecular flexibility index (Phi) is 11.0. The second kappa shape index (κ2) is 9.09. The van der Waals surface area contributed by atoms with Crippen LogP contribution in [0.4, 0.5) is 0 Å². The van der Waals surface area contributed by atoms with Gasteiger partial charge in [0.05, 0.1) is 0 Å². The molecule has 0 saturated carbocycles. The van der Waals surface area contributed by atoms with E-state index in [1.165, 1.54) is 5.92 Å². The van der Waals surface area contributed by atoms with Crippen molar-refractivity contribution in [3.8, 4) is 12.3 Å². The van der Waals surface area contributed by atoms with Crippen molar-refractivity contribution in [2.24, 2.45) is 0 Å². The molecule has 0 aliphatic heterocycles. The molecule has 0 unspecified atom stereocenters. The fraction of sp³-hybridized carbons (Fsp3) is 0. The Morgan fingerprint density at radius 3 is 1.88 bits per heavy atom. The molecule has 0 radical (unpaired) electrons. The number of aliphatic carboxylic acids is 1. The summed E-state index contributed by atoms with van der Waals surface area (Å²) in [5.74, 6) is 0.227. The molecule has 0 saturated heterocycles. The highest BCUT2D eigenvalue weighted by molar-refractivity contribution is 5.85. The van der Waals surface area contributed by atoms with Crippen LogP contribution in [0, 0.1) is 12.3 Å². The lowest BCUT2D eigenvalue weighted by molar-refractivity contribution is -0.130. The lowest BCUT2D eigenvalue weighted by Crippen LogP contribution is -1.83. The Bertz CT molecular complexity index is 110. The summed E-state index contributed by atoms with van der Waals surface area (Å²) in [5.41, 5.74) is 0. The largest absolute Gasteiger partial charge is 0.483 e. The molecule has 0 aliphatic rings. The molecule has 4 nitrogen and oxygen atoms in total. The lowest BCUT2D eigenvalue weighted by Gasteiger charge is -1.60. The minimum atomic E-state index is -1.22. The van der Waals surface area contributed by atoms with Crippen LogP contribution in [0.2, 0.25) is 0 Å². The number of terminal acetylenes is 1. The molecule has 44 valence electrons. The van der Waals surface area contributed by atoms with Gasteiger partial charge in [0.25, 0.3) is 6.47 Å². The van der Waals surface area contributed by atoms with Crippen molar-refractivity contribution in [3.05, 3.63) is 0 Å². The molecule has 0 aliphatic carbocycles. The van der Waals surface area contributed by atoms with E-state index in [1.54, 1.807) is 0 Å². The van der Waals surface area contributed by atoms with Crippen LogP contribution >= 0.6 is 0 Å². The van der Waals surface area contributed by atoms with Crippen LogP contribution in [0.5, 0.6) is 0 Å². The number of carbonyl (C=O) groups is 2. The zero-order valence-corrected chi connectivity index (χ0v) is 3.87. The number of hydrogen-bond donors (Lipinski definition) is 2. The van der Waals surface area contributed by atoms with Crippen LogP contribution in [0.1, 0.15) is 0 Å². The summed E-state index contributed by atoms with van der Waals surface area (Å²) >= 11 is 0. The number of rotatable bonds is 0. The van der Waals surface area contributed by atoms with Crippen molar-refractivity contribution in [2.75, 3.05) is 0 Å². The minimum absolute atomic E-state index is 0.250. The smallest absolute Gasteiger partial charge is 0.381 e. The van der Waals surface area contributed by atoms with Gasteiger partial charge in [0.1, 0.15) is 0 Å². The molecule has 8 heavy (non-hydrogen) atoms. The third-order valence-corrected chi connectivity index (χ3v) is 0.123. The Morgan fingerprint density at radius 2 is 1.88 bits per heavy atom. The van der Waals surface area contributed by atoms with E-state index in [0.717, 1.165) is 0 Å². The summed E-state index contributed by atoms with van der Waals surface area (Å²) in [5, 5.41) is 14.4. The summed E-state index contributed by atoms with van der Waals surface area (Å²) in [4.78, 5) is 17.5. The molecule has 0 aromatic rings. The predicted octanol–water partition coefficient (Wildman–Crippen LogP) is -0.595. The minimum Gasteiger partial charge on any atom is -0.483 e. The van der Waals surface area contributed by atoms with E-state index in [4.69, 9.17) is 19.8 Å². The van der Waals surface area contributed by atoms with Gasteiger partial charge in [0, 0.05) is 5.92 Å². The topological polar surface area (TPSA) is 74.6 Å². The Morgan fingerprint density at radius 1 is 1.75 bits per heavy atom. The first-order valence-corrected chi connectivity index (χ1v) is 1.46. The van der Waals surface area contributed by atoms with Gasteiger partial charge in [-0.3, -0.25) is 4.79 Å². The average molecular weight is 116 g/mol. The highest BCUT2D eigenvalue weighted by Crippen LogP contribution is 1.44. The van der Waals surface area contributed by atoms with E-state index in [2.05, 4.69) is 6.42 Å². The van der Waals surface area contributed by atoms with Gasteiger partial charge in [0.15, 0.2) is 0 Å². The van der Waals surface area contributed by atoms with Crippen LogP contribution in [-0.2, 0) is 9.59 Å². The van der Waals surface area contributed by atoms with Crippen molar-refractivity contribution in [2.45, 2.75) is 0 Å². The Balaban J connectivity index is 0. The van der Waals surface area contributed by atoms with E-state index in [0.29, 0.717) is 0 Å². The maximum Gasteiger partial charge on any atom is 0.381 e. The van der Waals surface area contributed by atoms with Crippen molar-refractivity contribution < 1.29 is 19.8 Å². The van der Waals surface area contributed by atoms with E-state index in [1.807, 2.05) is 0 Å². The summed E-state index contributed by atoms with van der Waals surface area (Å²) < 4.78 is 0. The first-order chi connectivity index (χ1) is 3.68. The average Bonchev–Trinajstić information content (AvgIpc) is 1.69. The summed E-state index contributed by atoms with van der Waals surface area (Å²) in [6, 6.07) is 0. The van der Waals surface area contributed by atoms with Gasteiger partial charge >= 0.3 is 5.97 Å². The summed E-state index contributed by atoms with van der Waals surface area (Å²) in [6.45, 7) is -0.250. The van der Waals surface area contributed by atoms with Crippen LogP contribution in [0.15, 0.2) is 0 Å². The normalized spacial score (nSPS) is 4.88. The van der Waals surface area contributed by atoms with Gasteiger partial charge in [-0.05, 0) is 0 Å². The quantitative estimate of drug-likeness (QED) is 0.327. The van der Waals surface area contributed by atoms with Crippen LogP contribution in [-0.4, -0.2) is 22.7 Å². The first kappa shape index (κ1) is 9.71. The van der Waals surface area contributed by atoms with Crippen LogP contribution in [0.3, 0.4) is 0 Å². The fourth-order valence-corrected chi connectivity index (χ4v) is 0. The van der Waals surface area contributed by atoms with Gasteiger partial charge < -0.3 is 10.2 Å². The maximum atomic E-state index is 9.13. The molecule has 0 fully saturated rings. The van der Waals surface area contributed by atoms with Gasteiger partial charge in [-0.2, -0.15) is 0 Å². The Labute approximate surface area is 45.8 Å². The molecule has 0 atom stereocenters. The number of carboxylic acid groups (broad SMARTS) is 2. The third kappa shape index (κ3) is 220. The zero-order chi connectivity index (χ0) is 6.99. The Hall–Kier alpha value is -1.50. The standard InChI is InChI=1S/C3H2O2.CH2O2/c1-2-3(4)5;2-1-3/h1H,(H,4,5);1H,(H,2,3). The molecule has 0 heterocycles. The zero-order valence-electron chi connectivity index (χ0n) is 3.87. The first-order valence-electron chi connectivity index (χ1n) is 1.46. The summed E-state index contributed by atoms with van der Waals surface area (Å²) in [6.07, 6.45) is 4.32. The molecule has 0 rings (SSSR count). The van der Waals surface area contributed by atoms with Crippen LogP contribution in [0.25, 0.3) is 0 Å². The molecule has 4 heteroatoms. The number of hydrogen-bond acceptors (Lipinski definition) is 2. The van der Waals surface area contributed by atoms with Gasteiger partial charge in [-0.15, -0.1) is 6.42 Å². The van der Waals surface area contributed by atoms with Gasteiger partial charge in [-0.1, -0.05) is 0 Å². The summed E-state index contributed by atoms with van der Waals surface area (Å²) in [7, 11) is 0. The molecule has 0 aromatic heterocycles. The SMILES string of the molecule is C#CC(=O)O.O=CO. The molecule has 0 spiro atoms. The van der Waals surface area contributed by atoms with Gasteiger partial charge in [0.2, 0.25) is 0 Å². The monoisotopic (exact) mass is 116 g/mol. The second-order valence-electron chi connectivity index (χ2n) is 0.555. The highest BCUT2D eigenvalue weighted by Gasteiger charge is 1.74. The van der Waals surface area contributed by atoms with E-state index in [9.17, 15) is 0 Å². The predicted molar refractivity (Wildman–Crippen MR) is 25.2 cm³/mol. The van der Waals surface area contributed by atoms with Crippen molar-refractivity contribution in [3.63, 3.8) is 0 Å². The maximum absolute atomic E-state index is 9.13. The van der Waals surface area contributed by atoms with Crippen molar-refractivity contribution in [1.29, 1.82) is 0 Å². The highest BCUT2D eigenvalue weighted by atomic mass is 16.4. The van der Waals surface area contributed by atoms with Crippen LogP contribution < -0.4 is 0 Å². The van der Waals surface area contributed by atoms with E-state index in [-0.39, 0.29) is 6.47 Å². The molecule has 0 aromatic carbocycles. The second-order valence-corrected chi connectivity index (χ2v) is 0.555. The van der Waals surface area contributed by atoms with Crippen molar-refractivity contribution >= 4 is 12.4 Å². The third-order valence-electron chi connectivity index (χ3n) is 0.123.